The second-order valence-electron chi connectivity index (χ2n) is 4.67. The van der Waals surface area contributed by atoms with E-state index in [9.17, 15) is 5.11 Å². The van der Waals surface area contributed by atoms with Gasteiger partial charge in [0.25, 0.3) is 0 Å². The zero-order valence-corrected chi connectivity index (χ0v) is 9.49. The van der Waals surface area contributed by atoms with E-state index in [4.69, 9.17) is 0 Å². The van der Waals surface area contributed by atoms with Crippen LogP contribution in [-0.4, -0.2) is 5.11 Å². The minimum absolute atomic E-state index is 0.849. The molecule has 2 aromatic carbocycles. The van der Waals surface area contributed by atoms with Crippen LogP contribution in [0.5, 0.6) is 0 Å². The standard InChI is InChI=1S/C15H14O/c1-10-7-8-12-11-5-3-4-6-13(11)15(2,16)14(12)9-10/h3-9,16H,1-2H3. The zero-order valence-electron chi connectivity index (χ0n) is 9.49. The summed E-state index contributed by atoms with van der Waals surface area (Å²) in [5.74, 6) is 0. The van der Waals surface area contributed by atoms with E-state index in [0.717, 1.165) is 22.3 Å². The van der Waals surface area contributed by atoms with Crippen LogP contribution in [0.25, 0.3) is 11.1 Å². The predicted molar refractivity (Wildman–Crippen MR) is 65.3 cm³/mol. The van der Waals surface area contributed by atoms with E-state index in [-0.39, 0.29) is 0 Å². The summed E-state index contributed by atoms with van der Waals surface area (Å²) >= 11 is 0. The highest BCUT2D eigenvalue weighted by Gasteiger charge is 2.36. The van der Waals surface area contributed by atoms with Crippen LogP contribution in [0.4, 0.5) is 0 Å². The molecule has 0 amide bonds. The topological polar surface area (TPSA) is 20.2 Å². The average Bonchev–Trinajstić information content (AvgIpc) is 2.49. The molecular formula is C15H14O. The molecule has 0 aromatic heterocycles. The normalized spacial score (nSPS) is 21.7. The van der Waals surface area contributed by atoms with E-state index in [1.807, 2.05) is 25.1 Å². The summed E-state index contributed by atoms with van der Waals surface area (Å²) in [6.45, 7) is 3.93. The van der Waals surface area contributed by atoms with E-state index in [2.05, 4.69) is 31.2 Å². The molecule has 1 heteroatoms. The van der Waals surface area contributed by atoms with Crippen LogP contribution in [0.3, 0.4) is 0 Å². The highest BCUT2D eigenvalue weighted by molar-refractivity contribution is 5.80. The molecule has 3 rings (SSSR count). The Morgan fingerprint density at radius 3 is 2.44 bits per heavy atom. The summed E-state index contributed by atoms with van der Waals surface area (Å²) in [5.41, 5.74) is 4.68. The van der Waals surface area contributed by atoms with Crippen LogP contribution in [0.1, 0.15) is 23.6 Å². The fourth-order valence-electron chi connectivity index (χ4n) is 2.58. The molecule has 0 bridgehead atoms. The Kier molecular flexibility index (Phi) is 1.78. The Hall–Kier alpha value is -1.60. The van der Waals surface area contributed by atoms with Gasteiger partial charge in [0.05, 0.1) is 0 Å². The molecular weight excluding hydrogens is 196 g/mol. The van der Waals surface area contributed by atoms with Crippen LogP contribution in [0.15, 0.2) is 42.5 Å². The predicted octanol–water partition coefficient (Wildman–Crippen LogP) is 3.23. The van der Waals surface area contributed by atoms with Gasteiger partial charge >= 0.3 is 0 Å². The summed E-state index contributed by atoms with van der Waals surface area (Å²) in [4.78, 5) is 0. The molecule has 16 heavy (non-hydrogen) atoms. The second-order valence-corrected chi connectivity index (χ2v) is 4.67. The molecule has 1 nitrogen and oxygen atoms in total. The average molecular weight is 210 g/mol. The number of benzene rings is 2. The van der Waals surface area contributed by atoms with Gasteiger partial charge in [-0.2, -0.15) is 0 Å². The highest BCUT2D eigenvalue weighted by Crippen LogP contribution is 2.47. The van der Waals surface area contributed by atoms with Crippen molar-refractivity contribution >= 4 is 0 Å². The first-order valence-corrected chi connectivity index (χ1v) is 5.54. The van der Waals surface area contributed by atoms with Gasteiger partial charge < -0.3 is 5.11 Å². The maximum Gasteiger partial charge on any atom is 0.113 e. The maximum absolute atomic E-state index is 10.6. The summed E-state index contributed by atoms with van der Waals surface area (Å²) in [6, 6.07) is 14.4. The van der Waals surface area contributed by atoms with Crippen LogP contribution in [0.2, 0.25) is 0 Å². The Morgan fingerprint density at radius 1 is 0.938 bits per heavy atom. The Morgan fingerprint density at radius 2 is 1.62 bits per heavy atom. The first kappa shape index (κ1) is 9.61. The van der Waals surface area contributed by atoms with Gasteiger partial charge in [-0.1, -0.05) is 48.0 Å². The zero-order chi connectivity index (χ0) is 11.3. The molecule has 0 fully saturated rings. The minimum atomic E-state index is -0.849. The molecule has 80 valence electrons. The first-order valence-electron chi connectivity index (χ1n) is 5.54. The van der Waals surface area contributed by atoms with E-state index in [1.165, 1.54) is 5.56 Å². The smallest absolute Gasteiger partial charge is 0.113 e. The molecule has 0 saturated heterocycles. The molecule has 0 aliphatic heterocycles. The lowest BCUT2D eigenvalue weighted by Crippen LogP contribution is -2.19. The van der Waals surface area contributed by atoms with E-state index < -0.39 is 5.60 Å². The molecule has 0 radical (unpaired) electrons. The number of hydrogen-bond acceptors (Lipinski definition) is 1. The molecule has 0 heterocycles. The van der Waals surface area contributed by atoms with Crippen molar-refractivity contribution in [1.29, 1.82) is 0 Å². The van der Waals surface area contributed by atoms with E-state index in [1.54, 1.807) is 0 Å². The van der Waals surface area contributed by atoms with Gasteiger partial charge in [0.15, 0.2) is 0 Å². The lowest BCUT2D eigenvalue weighted by Gasteiger charge is -2.20. The first-order chi connectivity index (χ1) is 7.60. The van der Waals surface area contributed by atoms with Crippen LogP contribution in [0, 0.1) is 6.92 Å². The molecule has 1 unspecified atom stereocenters. The quantitative estimate of drug-likeness (QED) is 0.707. The third-order valence-electron chi connectivity index (χ3n) is 3.44. The van der Waals surface area contributed by atoms with Gasteiger partial charge in [-0.05, 0) is 36.1 Å². The lowest BCUT2D eigenvalue weighted by atomic mass is 9.93. The van der Waals surface area contributed by atoms with Gasteiger partial charge in [0.2, 0.25) is 0 Å². The Bertz CT molecular complexity index is 567. The fourth-order valence-corrected chi connectivity index (χ4v) is 2.58. The molecule has 1 aliphatic carbocycles. The summed E-state index contributed by atoms with van der Waals surface area (Å²) in [7, 11) is 0. The molecule has 1 N–H and O–H groups in total. The van der Waals surface area contributed by atoms with Crippen LogP contribution < -0.4 is 0 Å². The largest absolute Gasteiger partial charge is 0.381 e. The van der Waals surface area contributed by atoms with Crippen LogP contribution in [-0.2, 0) is 5.60 Å². The maximum atomic E-state index is 10.6. The van der Waals surface area contributed by atoms with E-state index >= 15 is 0 Å². The summed E-state index contributed by atoms with van der Waals surface area (Å²) < 4.78 is 0. The van der Waals surface area contributed by atoms with Crippen molar-refractivity contribution in [2.24, 2.45) is 0 Å². The number of fused-ring (bicyclic) bond motifs is 3. The van der Waals surface area contributed by atoms with Gasteiger partial charge in [-0.3, -0.25) is 0 Å². The molecule has 0 saturated carbocycles. The number of rotatable bonds is 0. The summed E-state index contributed by atoms with van der Waals surface area (Å²) in [6.07, 6.45) is 0. The van der Waals surface area contributed by atoms with Crippen molar-refractivity contribution in [1.82, 2.24) is 0 Å². The van der Waals surface area contributed by atoms with Crippen molar-refractivity contribution in [3.8, 4) is 11.1 Å². The SMILES string of the molecule is Cc1ccc2c(c1)C(C)(O)c1ccccc1-2. The molecule has 2 aromatic rings. The fraction of sp³-hybridized carbons (Fsp3) is 0.200. The number of hydrogen-bond donors (Lipinski definition) is 1. The number of aliphatic hydroxyl groups is 1. The molecule has 1 aliphatic rings. The van der Waals surface area contributed by atoms with Crippen molar-refractivity contribution < 1.29 is 5.11 Å². The van der Waals surface area contributed by atoms with E-state index in [0.29, 0.717) is 0 Å². The Balaban J connectivity index is 2.39. The van der Waals surface area contributed by atoms with Gasteiger partial charge in [-0.15, -0.1) is 0 Å². The third-order valence-corrected chi connectivity index (χ3v) is 3.44. The van der Waals surface area contributed by atoms with Crippen LogP contribution >= 0.6 is 0 Å². The third kappa shape index (κ3) is 1.09. The van der Waals surface area contributed by atoms with Crippen molar-refractivity contribution in [2.75, 3.05) is 0 Å². The van der Waals surface area contributed by atoms with Crippen molar-refractivity contribution in [3.63, 3.8) is 0 Å². The lowest BCUT2D eigenvalue weighted by molar-refractivity contribution is 0.107. The van der Waals surface area contributed by atoms with Crippen molar-refractivity contribution in [2.45, 2.75) is 19.4 Å². The van der Waals surface area contributed by atoms with Crippen molar-refractivity contribution in [3.05, 3.63) is 59.2 Å². The minimum Gasteiger partial charge on any atom is -0.381 e. The molecule has 0 spiro atoms. The Labute approximate surface area is 95.4 Å². The number of aryl methyl sites for hydroxylation is 1. The second kappa shape index (κ2) is 2.96. The molecule has 1 atom stereocenters. The van der Waals surface area contributed by atoms with Gasteiger partial charge in [-0.25, -0.2) is 0 Å². The van der Waals surface area contributed by atoms with Gasteiger partial charge in [0, 0.05) is 0 Å². The van der Waals surface area contributed by atoms with Gasteiger partial charge in [0.1, 0.15) is 5.60 Å². The monoisotopic (exact) mass is 210 g/mol. The highest BCUT2D eigenvalue weighted by atomic mass is 16.3. The summed E-state index contributed by atoms with van der Waals surface area (Å²) in [5, 5.41) is 10.6.